The number of anilines is 1. The maximum Gasteiger partial charge on any atom is 0.407 e. The Balaban J connectivity index is 0.950. The van der Waals surface area contributed by atoms with Gasteiger partial charge in [-0.15, -0.1) is 0 Å². The van der Waals surface area contributed by atoms with E-state index in [1.165, 1.54) is 28.4 Å². The number of amides is 5. The van der Waals surface area contributed by atoms with Gasteiger partial charge < -0.3 is 49.7 Å². The first-order chi connectivity index (χ1) is 32.2. The lowest BCUT2D eigenvalue weighted by molar-refractivity contribution is -0.145. The Morgan fingerprint density at radius 2 is 1.33 bits per heavy atom. The van der Waals surface area contributed by atoms with Gasteiger partial charge >= 0.3 is 12.2 Å². The number of methoxy groups -OCH3 is 4. The number of rotatable bonds is 12. The zero-order valence-corrected chi connectivity index (χ0v) is 39.6. The van der Waals surface area contributed by atoms with Gasteiger partial charge in [0.05, 0.1) is 43.5 Å². The lowest BCUT2D eigenvalue weighted by atomic mass is 9.81. The van der Waals surface area contributed by atoms with Crippen LogP contribution in [0.5, 0.6) is 0 Å². The van der Waals surface area contributed by atoms with Crippen molar-refractivity contribution in [2.24, 2.45) is 11.8 Å². The van der Waals surface area contributed by atoms with Gasteiger partial charge in [0.2, 0.25) is 17.7 Å². The van der Waals surface area contributed by atoms with E-state index in [2.05, 4.69) is 77.2 Å². The van der Waals surface area contributed by atoms with Crippen LogP contribution in [0, 0.1) is 11.8 Å². The number of benzene rings is 3. The molecule has 4 aromatic rings. The van der Waals surface area contributed by atoms with Crippen LogP contribution in [-0.2, 0) is 38.7 Å². The van der Waals surface area contributed by atoms with Crippen molar-refractivity contribution < 1.29 is 42.9 Å². The first kappa shape index (κ1) is 46.1. The molecule has 10 atom stereocenters. The maximum absolute atomic E-state index is 14.5. The smallest absolute Gasteiger partial charge is 0.407 e. The molecule has 9 rings (SSSR count). The molecule has 2 aliphatic heterocycles. The minimum atomic E-state index is -1.01. The molecule has 2 bridgehead atoms. The molecule has 3 aliphatic carbocycles. The third kappa shape index (κ3) is 8.19. The number of aromatic amines is 1. The van der Waals surface area contributed by atoms with Crippen molar-refractivity contribution in [3.05, 3.63) is 71.5 Å². The summed E-state index contributed by atoms with van der Waals surface area (Å²) in [5.41, 5.74) is 8.44. The number of alkyl carbamates (subject to hydrolysis) is 2. The molecule has 5 aliphatic rings. The number of carbonyl (C=O) groups is 5. The summed E-state index contributed by atoms with van der Waals surface area (Å²) in [6, 6.07) is 15.8. The topological polar surface area (TPSA) is 194 Å². The number of fused-ring (bicyclic) bond motifs is 7. The fourth-order valence-electron chi connectivity index (χ4n) is 12.0. The van der Waals surface area contributed by atoms with Gasteiger partial charge in [-0.3, -0.25) is 14.4 Å². The number of hydrogen-bond acceptors (Lipinski definition) is 10. The minimum Gasteiger partial charge on any atom is -0.453 e. The summed E-state index contributed by atoms with van der Waals surface area (Å²) in [6.07, 6.45) is 4.61. The van der Waals surface area contributed by atoms with Crippen molar-refractivity contribution in [1.29, 1.82) is 0 Å². The average molecular weight is 918 g/mol. The van der Waals surface area contributed by atoms with E-state index in [4.69, 9.17) is 23.9 Å². The van der Waals surface area contributed by atoms with Gasteiger partial charge in [0, 0.05) is 37.4 Å². The highest BCUT2D eigenvalue weighted by atomic mass is 16.5. The third-order valence-electron chi connectivity index (χ3n) is 15.7. The molecule has 2 saturated carbocycles. The quantitative estimate of drug-likeness (QED) is 0.113. The molecule has 3 aromatic carbocycles. The monoisotopic (exact) mass is 917 g/mol. The molecule has 2 unspecified atom stereocenters. The summed E-state index contributed by atoms with van der Waals surface area (Å²) < 4.78 is 20.7. The number of hydrogen-bond donors (Lipinski definition) is 4. The van der Waals surface area contributed by atoms with Crippen LogP contribution in [0.15, 0.2) is 54.6 Å². The van der Waals surface area contributed by atoms with E-state index in [-0.39, 0.29) is 41.8 Å². The Morgan fingerprint density at radius 3 is 2.00 bits per heavy atom. The highest BCUT2D eigenvalue weighted by molar-refractivity contribution is 6.00. The summed E-state index contributed by atoms with van der Waals surface area (Å²) in [5, 5.41) is 8.53. The van der Waals surface area contributed by atoms with Crippen LogP contribution in [0.3, 0.4) is 0 Å². The van der Waals surface area contributed by atoms with Gasteiger partial charge in [0.15, 0.2) is 0 Å². The van der Waals surface area contributed by atoms with E-state index in [1.54, 1.807) is 18.7 Å². The molecular formula is C51H63N7O9. The molecule has 0 spiro atoms. The molecule has 3 heterocycles. The van der Waals surface area contributed by atoms with Crippen molar-refractivity contribution in [3.63, 3.8) is 0 Å². The van der Waals surface area contributed by atoms with Gasteiger partial charge in [-0.05, 0) is 128 Å². The van der Waals surface area contributed by atoms with E-state index in [1.807, 2.05) is 17.0 Å². The summed E-state index contributed by atoms with van der Waals surface area (Å²) in [5.74, 6) is 0.263. The molecule has 16 nitrogen and oxygen atoms in total. The predicted molar refractivity (Wildman–Crippen MR) is 251 cm³/mol. The zero-order chi connectivity index (χ0) is 47.5. The Labute approximate surface area is 391 Å². The summed E-state index contributed by atoms with van der Waals surface area (Å²) in [6.45, 7) is 7.88. The standard InChI is InChI=1S/C51H63N7O9/c1-26(64-5)42(55-49(62)66-7)47(60)57-33-17-13-31(21-33)44(57)46(59)52-32-16-19-35-34-18-14-28(22-36(34)51(3,4)37(35)25-32)29-15-20-38-39(23-29)54-45(53-38)41-24-30-11-9-10-12-40(30)58(41)48(61)43(27(2)65-6)56-50(63)67-8/h14-16,18-20,22-23,25-27,30-31,33,40-44H,9-13,17,21,24H2,1-8H3,(H,52,59)(H,53,54)(H,55,62)(H,56,63)/t26-,27-,30?,31+,33-,40?,41+,42+,43+,44+/m1/s1. The second kappa shape index (κ2) is 18.2. The highest BCUT2D eigenvalue weighted by Gasteiger charge is 2.53. The van der Waals surface area contributed by atoms with Crippen molar-refractivity contribution >= 4 is 46.6 Å². The summed E-state index contributed by atoms with van der Waals surface area (Å²) in [7, 11) is 5.53. The van der Waals surface area contributed by atoms with Crippen molar-refractivity contribution in [2.45, 2.75) is 133 Å². The van der Waals surface area contributed by atoms with Crippen LogP contribution in [0.4, 0.5) is 15.3 Å². The number of nitrogens with zero attached hydrogens (tertiary/aromatic N) is 3. The van der Waals surface area contributed by atoms with Gasteiger partial charge in [0.25, 0.3) is 0 Å². The fourth-order valence-corrected chi connectivity index (χ4v) is 12.0. The van der Waals surface area contributed by atoms with Crippen LogP contribution in [0.1, 0.15) is 102 Å². The molecule has 356 valence electrons. The van der Waals surface area contributed by atoms with Crippen LogP contribution in [0.25, 0.3) is 33.3 Å². The SMILES string of the molecule is COC(=O)N[C@H](C(=O)N1C2CCCCC2C[C@H]1c1nc2cc(-c3ccc4c(c3)C(C)(C)c3cc(NC(=O)[C@@H]5[C@H]6CC[C@H](C6)N5C(=O)[C@@H](NC(=O)OC)[C@@H](C)OC)ccc3-4)ccc2[nH]1)[C@@H](C)OC. The molecule has 4 N–H and O–H groups in total. The van der Waals surface area contributed by atoms with E-state index < -0.39 is 47.9 Å². The van der Waals surface area contributed by atoms with Gasteiger partial charge in [0.1, 0.15) is 23.9 Å². The lowest BCUT2D eigenvalue weighted by Gasteiger charge is -2.37. The molecular weight excluding hydrogens is 855 g/mol. The molecule has 16 heteroatoms. The summed E-state index contributed by atoms with van der Waals surface area (Å²) in [4.78, 5) is 79.8. The second-order valence-electron chi connectivity index (χ2n) is 19.6. The molecule has 4 fully saturated rings. The third-order valence-corrected chi connectivity index (χ3v) is 15.7. The number of aromatic nitrogens is 2. The largest absolute Gasteiger partial charge is 0.453 e. The average Bonchev–Trinajstić information content (AvgIpc) is 4.18. The van der Waals surface area contributed by atoms with E-state index in [0.29, 0.717) is 11.6 Å². The number of H-pyrrole nitrogens is 1. The fraction of sp³-hybridized carbons (Fsp3) is 0.529. The van der Waals surface area contributed by atoms with Gasteiger partial charge in [-0.1, -0.05) is 51.0 Å². The molecule has 0 radical (unpaired) electrons. The highest BCUT2D eigenvalue weighted by Crippen LogP contribution is 2.51. The molecule has 67 heavy (non-hydrogen) atoms. The number of nitrogens with one attached hydrogen (secondary N) is 4. The van der Waals surface area contributed by atoms with Gasteiger partial charge in [-0.25, -0.2) is 14.6 Å². The van der Waals surface area contributed by atoms with Crippen LogP contribution < -0.4 is 16.0 Å². The second-order valence-corrected chi connectivity index (χ2v) is 19.6. The zero-order valence-electron chi connectivity index (χ0n) is 39.6. The number of piperidine rings is 1. The van der Waals surface area contributed by atoms with E-state index in [0.717, 1.165) is 102 Å². The number of likely N-dealkylation sites (tertiary alicyclic amines) is 2. The normalized spacial score (nSPS) is 25.1. The maximum atomic E-state index is 14.5. The molecule has 1 aromatic heterocycles. The summed E-state index contributed by atoms with van der Waals surface area (Å²) >= 11 is 0. The van der Waals surface area contributed by atoms with E-state index >= 15 is 0 Å². The van der Waals surface area contributed by atoms with Crippen LogP contribution >= 0.6 is 0 Å². The molecule has 2 saturated heterocycles. The number of ether oxygens (including phenoxy) is 4. The number of carbonyl (C=O) groups excluding carboxylic acids is 5. The first-order valence-electron chi connectivity index (χ1n) is 23.7. The van der Waals surface area contributed by atoms with Crippen LogP contribution in [0.2, 0.25) is 0 Å². The Bertz CT molecular complexity index is 2590. The number of imidazole rings is 1. The minimum absolute atomic E-state index is 0.0110. The Hall–Kier alpha value is -6.00. The predicted octanol–water partition coefficient (Wildman–Crippen LogP) is 7.21. The lowest BCUT2D eigenvalue weighted by Crippen LogP contribution is -2.60. The van der Waals surface area contributed by atoms with Crippen molar-refractivity contribution in [3.8, 4) is 22.3 Å². The molecule has 5 amide bonds. The Morgan fingerprint density at radius 1 is 0.716 bits per heavy atom. The Kier molecular flexibility index (Phi) is 12.6. The van der Waals surface area contributed by atoms with E-state index in [9.17, 15) is 24.0 Å². The van der Waals surface area contributed by atoms with Gasteiger partial charge in [-0.2, -0.15) is 0 Å². The van der Waals surface area contributed by atoms with Crippen molar-refractivity contribution in [1.82, 2.24) is 30.4 Å². The van der Waals surface area contributed by atoms with Crippen LogP contribution in [-0.4, -0.2) is 121 Å². The first-order valence-corrected chi connectivity index (χ1v) is 23.7. The van der Waals surface area contributed by atoms with Crippen molar-refractivity contribution in [2.75, 3.05) is 33.8 Å².